The van der Waals surface area contributed by atoms with Crippen LogP contribution in [0.3, 0.4) is 0 Å². The monoisotopic (exact) mass is 2000 g/mol. The third-order valence-corrected chi connectivity index (χ3v) is 27.1. The minimum absolute atomic E-state index is 0.113. The predicted octanol–water partition coefficient (Wildman–Crippen LogP) is 38.9. The maximum atomic E-state index is 16.6. The average Bonchev–Trinajstić information content (AvgIpc) is 0.717. The van der Waals surface area contributed by atoms with Crippen LogP contribution in [0.2, 0.25) is 0 Å². The Kier molecular flexibility index (Phi) is 24.5. The summed E-state index contributed by atoms with van der Waals surface area (Å²) in [5, 5.41) is 7.76. The fraction of sp³-hybridized carbons (Fsp3) is 0. The average molecular weight is 2010 g/mol. The topological polar surface area (TPSA) is 13.0 Å². The van der Waals surface area contributed by atoms with E-state index in [0.29, 0.717) is 111 Å². The standard InChI is InChI=1S/C64H32F12N2.C64H38F6N2/c65-39-17-21-45(67)57(31-39)77(41-27-35(61-47(69)5-1-6-48(61)70)25-36(28-41)62-49(71)7-2-8-50(62)72)55-23-15-33-14-20-44-56(24-16-34-13-19-43(55)59(33)60(34)44)78(58-32-40(66)18-22-46(58)68)42-29-37(63-51(73)9-3-10-52(63)74)26-38(30-42)64-53(75)11-4-12-54(64)76;65-45-11-9-13-47(37-45)71(49-33-41(51-15-1-5-19-57(51)67)31-42(34-49)52-16-2-6-20-58(52)68)61-29-25-39-24-28-56-62(30-26-40-23-27-55(61)63(39)64(40)56)72(48-14-10-12-46(66)38-48)50-35-43(53-17-3-7-21-59(53)69)32-44(36-50)54-18-4-8-22-60(54)70/h1-32H;1-38H. The number of rotatable bonds is 20. The van der Waals surface area contributed by atoms with E-state index in [1.165, 1.54) is 94.7 Å². The molecule has 0 bridgehead atoms. The highest BCUT2D eigenvalue weighted by Crippen LogP contribution is 2.55. The van der Waals surface area contributed by atoms with Crippen LogP contribution >= 0.6 is 0 Å². The fourth-order valence-electron chi connectivity index (χ4n) is 20.6. The van der Waals surface area contributed by atoms with E-state index in [1.54, 1.807) is 158 Å². The minimum Gasteiger partial charge on any atom is -0.310 e. The molecule has 24 rings (SSSR count). The van der Waals surface area contributed by atoms with Crippen molar-refractivity contribution in [2.75, 3.05) is 19.6 Å². The molecule has 4 nitrogen and oxygen atoms in total. The van der Waals surface area contributed by atoms with E-state index < -0.39 is 138 Å². The lowest BCUT2D eigenvalue weighted by molar-refractivity contribution is 0.588. The number of hydrogen-bond donors (Lipinski definition) is 0. The Hall–Kier alpha value is -18.7. The summed E-state index contributed by atoms with van der Waals surface area (Å²) in [7, 11) is 0. The van der Waals surface area contributed by atoms with Gasteiger partial charge in [-0.3, -0.25) is 0 Å². The van der Waals surface area contributed by atoms with Crippen LogP contribution in [-0.4, -0.2) is 0 Å². The molecular formula is C128H70F18N4. The van der Waals surface area contributed by atoms with E-state index in [0.717, 1.165) is 142 Å². The summed E-state index contributed by atoms with van der Waals surface area (Å²) in [5.41, 5.74) is 2.33. The molecule has 0 aliphatic rings. The maximum absolute atomic E-state index is 16.6. The molecule has 150 heavy (non-hydrogen) atoms. The zero-order chi connectivity index (χ0) is 103. The van der Waals surface area contributed by atoms with E-state index in [2.05, 4.69) is 0 Å². The van der Waals surface area contributed by atoms with Gasteiger partial charge < -0.3 is 19.6 Å². The van der Waals surface area contributed by atoms with E-state index in [-0.39, 0.29) is 45.0 Å². The SMILES string of the molecule is Fc1ccc(F)c(N(c2cc(-c3c(F)cccc3F)cc(-c3c(F)cccc3F)c2)c2ccc3ccc4c(N(c5cc(-c6c(F)cccc6F)cc(-c6c(F)cccc6F)c5)c5cc(F)ccc5F)ccc5ccc2c3c54)c1.Fc1cccc(N(c2cc(-c3ccccc3F)cc(-c3ccccc3F)c2)c2ccc3ccc4c(N(c5cccc(F)c5)c5cc(-c6ccccc6F)cc(-c6ccccc6F)c5)ccc5ccc2c3c54)c1. The highest BCUT2D eigenvalue weighted by atomic mass is 19.2. The molecule has 728 valence electrons. The highest BCUT2D eigenvalue weighted by Gasteiger charge is 2.33. The van der Waals surface area contributed by atoms with Crippen LogP contribution in [0.25, 0.3) is 154 Å². The third-order valence-electron chi connectivity index (χ3n) is 27.1. The summed E-state index contributed by atoms with van der Waals surface area (Å²) in [4.78, 5) is 6.28. The Morgan fingerprint density at radius 1 is 0.127 bits per heavy atom. The predicted molar refractivity (Wildman–Crippen MR) is 562 cm³/mol. The van der Waals surface area contributed by atoms with E-state index >= 15 is 79.0 Å². The molecule has 0 N–H and O–H groups in total. The molecule has 0 atom stereocenters. The van der Waals surface area contributed by atoms with Crippen LogP contribution in [0, 0.1) is 105 Å². The molecule has 0 saturated heterocycles. The van der Waals surface area contributed by atoms with Crippen molar-refractivity contribution in [3.05, 3.63) is 529 Å². The minimum atomic E-state index is -1.04. The van der Waals surface area contributed by atoms with Gasteiger partial charge in [-0.2, -0.15) is 0 Å². The Morgan fingerprint density at radius 2 is 0.340 bits per heavy atom. The lowest BCUT2D eigenvalue weighted by atomic mass is 9.91. The molecule has 0 fully saturated rings. The summed E-state index contributed by atoms with van der Waals surface area (Å²) in [6.45, 7) is 0. The molecule has 0 aliphatic carbocycles. The van der Waals surface area contributed by atoms with Gasteiger partial charge in [-0.15, -0.1) is 0 Å². The second kappa shape index (κ2) is 38.7. The van der Waals surface area contributed by atoms with E-state index in [4.69, 9.17) is 0 Å². The number of benzene rings is 24. The lowest BCUT2D eigenvalue weighted by Crippen LogP contribution is -2.14. The smallest absolute Gasteiger partial charge is 0.147 e. The molecule has 24 aromatic carbocycles. The van der Waals surface area contributed by atoms with Crippen LogP contribution in [0.4, 0.5) is 147 Å². The van der Waals surface area contributed by atoms with Crippen LogP contribution < -0.4 is 19.6 Å². The van der Waals surface area contributed by atoms with Gasteiger partial charge in [0.2, 0.25) is 0 Å². The van der Waals surface area contributed by atoms with Gasteiger partial charge in [-0.1, -0.05) is 182 Å². The summed E-state index contributed by atoms with van der Waals surface area (Å²) < 4.78 is 284. The summed E-state index contributed by atoms with van der Waals surface area (Å²) in [6, 6.07) is 103. The van der Waals surface area contributed by atoms with Crippen molar-refractivity contribution in [2.45, 2.75) is 0 Å². The van der Waals surface area contributed by atoms with Crippen molar-refractivity contribution in [1.82, 2.24) is 0 Å². The van der Waals surface area contributed by atoms with Gasteiger partial charge in [0.15, 0.2) is 0 Å². The van der Waals surface area contributed by atoms with Crippen molar-refractivity contribution in [1.29, 1.82) is 0 Å². The number of hydrogen-bond acceptors (Lipinski definition) is 4. The van der Waals surface area contributed by atoms with Crippen LogP contribution in [-0.2, 0) is 0 Å². The van der Waals surface area contributed by atoms with Crippen LogP contribution in [0.15, 0.2) is 425 Å². The first-order valence-corrected chi connectivity index (χ1v) is 47.2. The van der Waals surface area contributed by atoms with Gasteiger partial charge in [0.1, 0.15) is 105 Å². The van der Waals surface area contributed by atoms with Gasteiger partial charge in [-0.05, 0) is 318 Å². The summed E-state index contributed by atoms with van der Waals surface area (Å²) >= 11 is 0. The Morgan fingerprint density at radius 3 is 0.600 bits per heavy atom. The van der Waals surface area contributed by atoms with Gasteiger partial charge >= 0.3 is 0 Å². The normalized spacial score (nSPS) is 11.5. The summed E-state index contributed by atoms with van der Waals surface area (Å²) in [5.74, 6) is -14.9. The van der Waals surface area contributed by atoms with Gasteiger partial charge in [0, 0.05) is 90.1 Å². The molecular weight excluding hydrogens is 1940 g/mol. The lowest BCUT2D eigenvalue weighted by Gasteiger charge is -2.30. The quantitative estimate of drug-likeness (QED) is 0.0557. The van der Waals surface area contributed by atoms with E-state index in [1.807, 2.05) is 82.6 Å². The molecule has 0 aliphatic heterocycles. The zero-order valence-corrected chi connectivity index (χ0v) is 78.0. The van der Waals surface area contributed by atoms with Crippen LogP contribution in [0.5, 0.6) is 0 Å². The molecule has 0 spiro atoms. The summed E-state index contributed by atoms with van der Waals surface area (Å²) in [6.07, 6.45) is 0. The molecule has 22 heteroatoms. The van der Waals surface area contributed by atoms with Gasteiger partial charge in [0.05, 0.1) is 56.4 Å². The molecule has 0 saturated carbocycles. The van der Waals surface area contributed by atoms with Crippen molar-refractivity contribution in [3.63, 3.8) is 0 Å². The molecule has 24 aromatic rings. The Balaban J connectivity index is 0.000000165. The molecule has 0 radical (unpaired) electrons. The molecule has 0 unspecified atom stereocenters. The number of halogens is 18. The highest BCUT2D eigenvalue weighted by molar-refractivity contribution is 6.30. The zero-order valence-electron chi connectivity index (χ0n) is 78.0. The maximum Gasteiger partial charge on any atom is 0.147 e. The Bertz CT molecular complexity index is 8660. The van der Waals surface area contributed by atoms with Crippen molar-refractivity contribution < 1.29 is 79.0 Å². The molecule has 0 heterocycles. The Labute approximate surface area is 844 Å². The van der Waals surface area contributed by atoms with E-state index in [9.17, 15) is 0 Å². The van der Waals surface area contributed by atoms with Crippen molar-refractivity contribution >= 4 is 133 Å². The number of anilines is 12. The number of nitrogens with zero attached hydrogens (tertiary/aromatic N) is 4. The van der Waals surface area contributed by atoms with Crippen molar-refractivity contribution in [3.8, 4) is 89.0 Å². The fourth-order valence-corrected chi connectivity index (χ4v) is 20.6. The molecule has 0 amide bonds. The van der Waals surface area contributed by atoms with Gasteiger partial charge in [0.25, 0.3) is 0 Å². The van der Waals surface area contributed by atoms with Crippen molar-refractivity contribution in [2.24, 2.45) is 0 Å². The molecule has 0 aromatic heterocycles. The van der Waals surface area contributed by atoms with Crippen LogP contribution in [0.1, 0.15) is 0 Å². The second-order valence-corrected chi connectivity index (χ2v) is 36.1. The van der Waals surface area contributed by atoms with Gasteiger partial charge in [-0.25, -0.2) is 79.0 Å². The third kappa shape index (κ3) is 17.2. The first-order valence-electron chi connectivity index (χ1n) is 47.2. The first kappa shape index (κ1) is 94.9. The first-order chi connectivity index (χ1) is 72.8. The second-order valence-electron chi connectivity index (χ2n) is 36.1. The largest absolute Gasteiger partial charge is 0.310 e.